The van der Waals surface area contributed by atoms with Gasteiger partial charge in [-0.05, 0) is 45.7 Å². The van der Waals surface area contributed by atoms with Gasteiger partial charge >= 0.3 is 6.09 Å². The van der Waals surface area contributed by atoms with Crippen molar-refractivity contribution in [3.63, 3.8) is 0 Å². The molecule has 2 aliphatic rings. The molecule has 1 saturated carbocycles. The predicted octanol–water partition coefficient (Wildman–Crippen LogP) is 4.44. The van der Waals surface area contributed by atoms with Gasteiger partial charge in [0, 0.05) is 40.0 Å². The lowest BCUT2D eigenvalue weighted by molar-refractivity contribution is -0.0789. The first kappa shape index (κ1) is 15.9. The molecule has 1 aliphatic carbocycles. The SMILES string of the molecule is CC(C)(C)OC(=O)N1CC2(CC(c3[nH]nc4cccc(Br)c34)C2)C1. The smallest absolute Gasteiger partial charge is 0.410 e. The van der Waals surface area contributed by atoms with Crippen LogP contribution in [-0.4, -0.2) is 39.9 Å². The number of hydrogen-bond acceptors (Lipinski definition) is 3. The van der Waals surface area contributed by atoms with Gasteiger partial charge in [0.1, 0.15) is 5.60 Å². The van der Waals surface area contributed by atoms with Gasteiger partial charge in [-0.15, -0.1) is 0 Å². The second-order valence-electron chi connectivity index (χ2n) is 8.21. The minimum absolute atomic E-state index is 0.189. The van der Waals surface area contributed by atoms with Crippen molar-refractivity contribution in [3.05, 3.63) is 28.4 Å². The summed E-state index contributed by atoms with van der Waals surface area (Å²) in [5.74, 6) is 0.495. The van der Waals surface area contributed by atoms with E-state index in [1.54, 1.807) is 0 Å². The van der Waals surface area contributed by atoms with Crippen LogP contribution in [0.4, 0.5) is 4.79 Å². The molecule has 1 aromatic carbocycles. The number of rotatable bonds is 1. The third kappa shape index (κ3) is 2.61. The molecule has 2 aromatic rings. The van der Waals surface area contributed by atoms with Crippen LogP contribution in [0.1, 0.15) is 45.2 Å². The molecule has 1 amide bonds. The number of amides is 1. The fraction of sp³-hybridized carbons (Fsp3) is 0.556. The van der Waals surface area contributed by atoms with Gasteiger partial charge in [0.25, 0.3) is 0 Å². The van der Waals surface area contributed by atoms with E-state index in [2.05, 4.69) is 32.2 Å². The standard InChI is InChI=1S/C18H22BrN3O2/c1-17(2,3)24-16(23)22-9-18(10-22)7-11(8-18)15-14-12(19)5-4-6-13(14)20-21-15/h4-6,11H,7-10H2,1-3H3,(H,20,21). The summed E-state index contributed by atoms with van der Waals surface area (Å²) in [5, 5.41) is 8.84. The molecule has 5 nitrogen and oxygen atoms in total. The number of nitrogens with zero attached hydrogens (tertiary/aromatic N) is 2. The van der Waals surface area contributed by atoms with Crippen molar-refractivity contribution in [2.75, 3.05) is 13.1 Å². The summed E-state index contributed by atoms with van der Waals surface area (Å²) in [5.41, 5.74) is 2.08. The molecule has 128 valence electrons. The number of benzene rings is 1. The number of carbonyl (C=O) groups is 1. The number of H-pyrrole nitrogens is 1. The zero-order valence-electron chi connectivity index (χ0n) is 14.2. The molecule has 1 aromatic heterocycles. The molecule has 1 aliphatic heterocycles. The Hall–Kier alpha value is -1.56. The maximum absolute atomic E-state index is 12.1. The highest BCUT2D eigenvalue weighted by molar-refractivity contribution is 9.10. The van der Waals surface area contributed by atoms with Crippen molar-refractivity contribution in [1.82, 2.24) is 15.1 Å². The largest absolute Gasteiger partial charge is 0.444 e. The van der Waals surface area contributed by atoms with Gasteiger partial charge in [0.05, 0.1) is 5.52 Å². The van der Waals surface area contributed by atoms with Crippen LogP contribution in [0.2, 0.25) is 0 Å². The normalized spacial score (nSPS) is 20.1. The number of fused-ring (bicyclic) bond motifs is 1. The molecule has 0 radical (unpaired) electrons. The summed E-state index contributed by atoms with van der Waals surface area (Å²) >= 11 is 3.64. The number of likely N-dealkylation sites (tertiary alicyclic amines) is 1. The molecular formula is C18H22BrN3O2. The summed E-state index contributed by atoms with van der Waals surface area (Å²) in [6.07, 6.45) is 2.02. The minimum Gasteiger partial charge on any atom is -0.444 e. The van der Waals surface area contributed by atoms with Crippen LogP contribution in [0, 0.1) is 5.41 Å². The molecule has 0 atom stereocenters. The Balaban J connectivity index is 1.40. The number of aromatic nitrogens is 2. The van der Waals surface area contributed by atoms with Gasteiger partial charge in [-0.3, -0.25) is 5.10 Å². The molecule has 24 heavy (non-hydrogen) atoms. The summed E-state index contributed by atoms with van der Waals surface area (Å²) in [4.78, 5) is 13.9. The van der Waals surface area contributed by atoms with Gasteiger partial charge in [-0.25, -0.2) is 4.79 Å². The number of nitrogens with one attached hydrogen (secondary N) is 1. The van der Waals surface area contributed by atoms with E-state index in [9.17, 15) is 4.79 Å². The van der Waals surface area contributed by atoms with Crippen molar-refractivity contribution < 1.29 is 9.53 Å². The lowest BCUT2D eigenvalue weighted by Gasteiger charge is -2.58. The quantitative estimate of drug-likeness (QED) is 0.781. The average Bonchev–Trinajstić information content (AvgIpc) is 2.78. The summed E-state index contributed by atoms with van der Waals surface area (Å²) in [6.45, 7) is 7.33. The Kier molecular flexibility index (Phi) is 3.46. The van der Waals surface area contributed by atoms with Crippen LogP contribution in [-0.2, 0) is 4.74 Å². The maximum Gasteiger partial charge on any atom is 0.410 e. The average molecular weight is 392 g/mol. The van der Waals surface area contributed by atoms with Crippen LogP contribution >= 0.6 is 15.9 Å². The van der Waals surface area contributed by atoms with E-state index in [0.717, 1.165) is 35.9 Å². The minimum atomic E-state index is -0.427. The number of carbonyl (C=O) groups excluding carboxylic acids is 1. The maximum atomic E-state index is 12.1. The summed E-state index contributed by atoms with van der Waals surface area (Å²) in [6, 6.07) is 6.09. The van der Waals surface area contributed by atoms with E-state index in [0.29, 0.717) is 5.92 Å². The first-order valence-corrected chi connectivity index (χ1v) is 9.16. The van der Waals surface area contributed by atoms with Crippen LogP contribution < -0.4 is 0 Å². The van der Waals surface area contributed by atoms with Crippen LogP contribution in [0.3, 0.4) is 0 Å². The van der Waals surface area contributed by atoms with Crippen LogP contribution in [0.15, 0.2) is 22.7 Å². The van der Waals surface area contributed by atoms with Crippen molar-refractivity contribution in [2.45, 2.75) is 45.1 Å². The van der Waals surface area contributed by atoms with Gasteiger partial charge in [-0.2, -0.15) is 5.10 Å². The number of aromatic amines is 1. The van der Waals surface area contributed by atoms with E-state index in [1.165, 1.54) is 11.1 Å². The van der Waals surface area contributed by atoms with Gasteiger partial charge in [0.15, 0.2) is 0 Å². The van der Waals surface area contributed by atoms with E-state index in [1.807, 2.05) is 37.8 Å². The Morgan fingerprint density at radius 1 is 1.38 bits per heavy atom. The fourth-order valence-electron chi connectivity index (χ4n) is 4.01. The molecule has 4 rings (SSSR count). The molecule has 1 saturated heterocycles. The summed E-state index contributed by atoms with van der Waals surface area (Å²) < 4.78 is 6.53. The van der Waals surface area contributed by atoms with Gasteiger partial charge in [-0.1, -0.05) is 22.0 Å². The third-order valence-corrected chi connectivity index (χ3v) is 5.69. The monoisotopic (exact) mass is 391 g/mol. The number of ether oxygens (including phenoxy) is 1. The van der Waals surface area contributed by atoms with E-state index in [4.69, 9.17) is 4.74 Å². The molecule has 0 unspecified atom stereocenters. The molecule has 1 N–H and O–H groups in total. The highest BCUT2D eigenvalue weighted by Gasteiger charge is 2.55. The first-order chi connectivity index (χ1) is 11.3. The van der Waals surface area contributed by atoms with Crippen molar-refractivity contribution in [2.24, 2.45) is 5.41 Å². The Morgan fingerprint density at radius 3 is 2.75 bits per heavy atom. The molecule has 6 heteroatoms. The fourth-order valence-corrected chi connectivity index (χ4v) is 4.58. The second kappa shape index (κ2) is 5.22. The number of hydrogen-bond donors (Lipinski definition) is 1. The van der Waals surface area contributed by atoms with E-state index in [-0.39, 0.29) is 11.5 Å². The zero-order valence-corrected chi connectivity index (χ0v) is 15.8. The highest BCUT2D eigenvalue weighted by Crippen LogP contribution is 2.57. The predicted molar refractivity (Wildman–Crippen MR) is 96.0 cm³/mol. The van der Waals surface area contributed by atoms with Crippen molar-refractivity contribution in [3.8, 4) is 0 Å². The molecule has 2 fully saturated rings. The molecular weight excluding hydrogens is 370 g/mol. The first-order valence-electron chi connectivity index (χ1n) is 8.37. The second-order valence-corrected chi connectivity index (χ2v) is 9.07. The highest BCUT2D eigenvalue weighted by atomic mass is 79.9. The Morgan fingerprint density at radius 2 is 2.08 bits per heavy atom. The van der Waals surface area contributed by atoms with Crippen molar-refractivity contribution >= 4 is 32.9 Å². The Bertz CT molecular complexity index is 794. The zero-order chi connectivity index (χ0) is 17.1. The van der Waals surface area contributed by atoms with E-state index < -0.39 is 5.60 Å². The topological polar surface area (TPSA) is 58.2 Å². The molecule has 2 heterocycles. The molecule has 1 spiro atoms. The Labute approximate surface area is 149 Å². The summed E-state index contributed by atoms with van der Waals surface area (Å²) in [7, 11) is 0. The third-order valence-electron chi connectivity index (χ3n) is 5.03. The van der Waals surface area contributed by atoms with Gasteiger partial charge < -0.3 is 9.64 Å². The lowest BCUT2D eigenvalue weighted by atomic mass is 9.57. The number of halogens is 1. The van der Waals surface area contributed by atoms with E-state index >= 15 is 0 Å². The van der Waals surface area contributed by atoms with Crippen molar-refractivity contribution in [1.29, 1.82) is 0 Å². The van der Waals surface area contributed by atoms with Gasteiger partial charge in [0.2, 0.25) is 0 Å². The van der Waals surface area contributed by atoms with Crippen LogP contribution in [0.25, 0.3) is 10.9 Å². The molecule has 0 bridgehead atoms. The lowest BCUT2D eigenvalue weighted by Crippen LogP contribution is -2.63. The van der Waals surface area contributed by atoms with Crippen LogP contribution in [0.5, 0.6) is 0 Å².